The molecule has 2 rings (SSSR count). The summed E-state index contributed by atoms with van der Waals surface area (Å²) < 4.78 is 6.49. The molecular formula is C15H15NO2S3. The average Bonchev–Trinajstić information content (AvgIpc) is 2.79. The molecule has 110 valence electrons. The van der Waals surface area contributed by atoms with Crippen LogP contribution in [0, 0.1) is 3.95 Å². The van der Waals surface area contributed by atoms with Gasteiger partial charge in [0, 0.05) is 11.0 Å². The van der Waals surface area contributed by atoms with Crippen molar-refractivity contribution in [3.63, 3.8) is 0 Å². The summed E-state index contributed by atoms with van der Waals surface area (Å²) in [5, 5.41) is 0.692. The molecule has 3 nitrogen and oxygen atoms in total. The van der Waals surface area contributed by atoms with Gasteiger partial charge in [-0.3, -0.25) is 0 Å². The number of carbonyl (C=O) groups excluding carboxylic acids is 1. The first-order valence-corrected chi connectivity index (χ1v) is 8.80. The van der Waals surface area contributed by atoms with Crippen molar-refractivity contribution in [2.75, 3.05) is 12.9 Å². The van der Waals surface area contributed by atoms with E-state index in [0.29, 0.717) is 15.9 Å². The van der Waals surface area contributed by atoms with Crippen LogP contribution in [0.1, 0.15) is 12.5 Å². The van der Waals surface area contributed by atoms with Crippen LogP contribution < -0.4 is 9.88 Å². The van der Waals surface area contributed by atoms with Crippen molar-refractivity contribution in [1.29, 1.82) is 0 Å². The molecule has 0 saturated carbocycles. The van der Waals surface area contributed by atoms with E-state index in [4.69, 9.17) is 17.0 Å². The molecule has 0 amide bonds. The predicted molar refractivity (Wildman–Crippen MR) is 91.6 cm³/mol. The van der Waals surface area contributed by atoms with Gasteiger partial charge < -0.3 is 9.72 Å². The highest BCUT2D eigenvalue weighted by Gasteiger charge is 1.98. The summed E-state index contributed by atoms with van der Waals surface area (Å²) in [6.07, 6.45) is 5.49. The number of benzene rings is 1. The second kappa shape index (κ2) is 7.59. The lowest BCUT2D eigenvalue weighted by molar-refractivity contribution is -0.135. The minimum absolute atomic E-state index is 0.357. The molecule has 0 fully saturated rings. The number of rotatable bonds is 4. The summed E-state index contributed by atoms with van der Waals surface area (Å²) in [5.41, 5.74) is 1.07. The van der Waals surface area contributed by atoms with Gasteiger partial charge in [-0.2, -0.15) is 0 Å². The highest BCUT2D eigenvalue weighted by molar-refractivity contribution is 7.98. The molecule has 21 heavy (non-hydrogen) atoms. The fourth-order valence-electron chi connectivity index (χ4n) is 1.72. The van der Waals surface area contributed by atoms with Gasteiger partial charge >= 0.3 is 5.97 Å². The van der Waals surface area contributed by atoms with Crippen LogP contribution in [0.5, 0.6) is 0 Å². The maximum atomic E-state index is 11.6. The van der Waals surface area contributed by atoms with Crippen LogP contribution in [0.2, 0.25) is 0 Å². The van der Waals surface area contributed by atoms with E-state index in [1.807, 2.05) is 24.5 Å². The molecule has 1 heterocycles. The standard InChI is InChI=1S/C15H15NO2S3/c1-3-18-14(17)9-12-13(21-15(19)16-12)8-10-4-6-11(20-2)7-5-10/h4-9H,3H2,1-2H3,(H,16,19)/b12-9-,13-8-. The zero-order chi connectivity index (χ0) is 15.2. The van der Waals surface area contributed by atoms with E-state index in [2.05, 4.69) is 17.1 Å². The number of hydrogen-bond donors (Lipinski definition) is 1. The molecule has 1 aromatic carbocycles. The third-order valence-electron chi connectivity index (χ3n) is 2.67. The summed E-state index contributed by atoms with van der Waals surface area (Å²) in [7, 11) is 0. The zero-order valence-electron chi connectivity index (χ0n) is 11.7. The molecule has 6 heteroatoms. The van der Waals surface area contributed by atoms with Crippen molar-refractivity contribution < 1.29 is 9.53 Å². The smallest absolute Gasteiger partial charge is 0.332 e. The third kappa shape index (κ3) is 4.56. The van der Waals surface area contributed by atoms with Gasteiger partial charge in [0.05, 0.1) is 16.5 Å². The minimum atomic E-state index is -0.367. The Morgan fingerprint density at radius 1 is 1.43 bits per heavy atom. The fraction of sp³-hybridized carbons (Fsp3) is 0.200. The van der Waals surface area contributed by atoms with Crippen molar-refractivity contribution in [2.45, 2.75) is 11.8 Å². The van der Waals surface area contributed by atoms with Crippen molar-refractivity contribution in [3.05, 3.63) is 43.7 Å². The maximum absolute atomic E-state index is 11.6. The number of ether oxygens (including phenoxy) is 1. The topological polar surface area (TPSA) is 42.1 Å². The zero-order valence-corrected chi connectivity index (χ0v) is 14.2. The van der Waals surface area contributed by atoms with Gasteiger partial charge in [-0.15, -0.1) is 23.1 Å². The number of esters is 1. The Morgan fingerprint density at radius 3 is 2.76 bits per heavy atom. The Kier molecular flexibility index (Phi) is 5.78. The van der Waals surface area contributed by atoms with E-state index in [-0.39, 0.29) is 5.97 Å². The second-order valence-electron chi connectivity index (χ2n) is 4.11. The van der Waals surface area contributed by atoms with Crippen LogP contribution in [0.15, 0.2) is 29.2 Å². The number of carbonyl (C=O) groups is 1. The molecule has 1 aromatic heterocycles. The van der Waals surface area contributed by atoms with Gasteiger partial charge in [0.25, 0.3) is 0 Å². The highest BCUT2D eigenvalue weighted by Crippen LogP contribution is 2.14. The summed E-state index contributed by atoms with van der Waals surface area (Å²) in [5.74, 6) is -0.367. The lowest BCUT2D eigenvalue weighted by Gasteiger charge is -1.96. The van der Waals surface area contributed by atoms with Gasteiger partial charge in [-0.25, -0.2) is 4.79 Å². The summed E-state index contributed by atoms with van der Waals surface area (Å²) in [4.78, 5) is 15.8. The Morgan fingerprint density at radius 2 is 2.14 bits per heavy atom. The van der Waals surface area contributed by atoms with Crippen LogP contribution in [0.3, 0.4) is 0 Å². The first kappa shape index (κ1) is 16.0. The average molecular weight is 337 g/mol. The number of hydrogen-bond acceptors (Lipinski definition) is 5. The van der Waals surface area contributed by atoms with Crippen molar-refractivity contribution >= 4 is 53.4 Å². The molecule has 1 N–H and O–H groups in total. The van der Waals surface area contributed by atoms with E-state index >= 15 is 0 Å². The molecule has 0 unspecified atom stereocenters. The van der Waals surface area contributed by atoms with Gasteiger partial charge in [-0.1, -0.05) is 12.1 Å². The quantitative estimate of drug-likeness (QED) is 0.529. The Bertz CT molecular complexity index is 788. The third-order valence-corrected chi connectivity index (χ3v) is 4.61. The molecule has 0 spiro atoms. The summed E-state index contributed by atoms with van der Waals surface area (Å²) >= 11 is 8.30. The molecular weight excluding hydrogens is 322 g/mol. The largest absolute Gasteiger partial charge is 0.463 e. The minimum Gasteiger partial charge on any atom is -0.463 e. The number of nitrogens with one attached hydrogen (secondary N) is 1. The van der Waals surface area contributed by atoms with Crippen molar-refractivity contribution in [2.24, 2.45) is 0 Å². The lowest BCUT2D eigenvalue weighted by atomic mass is 10.2. The Labute approximate surface area is 136 Å². The van der Waals surface area contributed by atoms with Gasteiger partial charge in [0.1, 0.15) is 0 Å². The number of aromatic nitrogens is 1. The lowest BCUT2D eigenvalue weighted by Crippen LogP contribution is -2.23. The molecule has 0 radical (unpaired) electrons. The molecule has 0 aliphatic carbocycles. The van der Waals surface area contributed by atoms with Gasteiger partial charge in [-0.05, 0) is 49.2 Å². The Hall–Kier alpha value is -1.37. The summed E-state index contributed by atoms with van der Waals surface area (Å²) in [6, 6.07) is 8.22. The number of thiazole rings is 1. The van der Waals surface area contributed by atoms with Crippen LogP contribution in [-0.2, 0) is 9.53 Å². The normalized spacial score (nSPS) is 12.7. The predicted octanol–water partition coefficient (Wildman–Crippen LogP) is 2.70. The first-order chi connectivity index (χ1) is 10.1. The van der Waals surface area contributed by atoms with Gasteiger partial charge in [0.2, 0.25) is 0 Å². The van der Waals surface area contributed by atoms with E-state index in [1.54, 1.807) is 18.7 Å². The van der Waals surface area contributed by atoms with E-state index in [1.165, 1.54) is 22.3 Å². The molecule has 0 aliphatic heterocycles. The highest BCUT2D eigenvalue weighted by atomic mass is 32.2. The Balaban J connectivity index is 2.45. The molecule has 0 atom stereocenters. The van der Waals surface area contributed by atoms with Crippen LogP contribution >= 0.6 is 35.3 Å². The monoisotopic (exact) mass is 337 g/mol. The number of aromatic amines is 1. The van der Waals surface area contributed by atoms with Crippen molar-refractivity contribution in [1.82, 2.24) is 4.98 Å². The van der Waals surface area contributed by atoms with E-state index < -0.39 is 0 Å². The maximum Gasteiger partial charge on any atom is 0.332 e. The van der Waals surface area contributed by atoms with Crippen molar-refractivity contribution in [3.8, 4) is 0 Å². The van der Waals surface area contributed by atoms with Gasteiger partial charge in [0.15, 0.2) is 3.95 Å². The van der Waals surface area contributed by atoms with Crippen LogP contribution in [0.4, 0.5) is 0 Å². The fourth-order valence-corrected chi connectivity index (χ4v) is 3.28. The second-order valence-corrected chi connectivity index (χ2v) is 6.70. The molecule has 0 saturated heterocycles. The van der Waals surface area contributed by atoms with Crippen LogP contribution in [-0.4, -0.2) is 23.8 Å². The SMILES string of the molecule is CCOC(=O)/C=c1\[nH]c(=S)s\c1=C/c1ccc(SC)cc1. The molecule has 0 bridgehead atoms. The van der Waals surface area contributed by atoms with E-state index in [9.17, 15) is 4.79 Å². The number of H-pyrrole nitrogens is 1. The molecule has 2 aromatic rings. The summed E-state index contributed by atoms with van der Waals surface area (Å²) in [6.45, 7) is 2.14. The first-order valence-electron chi connectivity index (χ1n) is 6.35. The van der Waals surface area contributed by atoms with E-state index in [0.717, 1.165) is 10.1 Å². The number of thioether (sulfide) groups is 1. The molecule has 0 aliphatic rings. The van der Waals surface area contributed by atoms with Crippen LogP contribution in [0.25, 0.3) is 12.2 Å².